The van der Waals surface area contributed by atoms with Crippen LogP contribution in [0, 0.1) is 0 Å². The zero-order valence-electron chi connectivity index (χ0n) is 12.4. The molecule has 2 aromatic rings. The maximum atomic E-state index is 12.3. The van der Waals surface area contributed by atoms with E-state index < -0.39 is 0 Å². The normalized spacial score (nSPS) is 10.2. The van der Waals surface area contributed by atoms with Gasteiger partial charge in [-0.25, -0.2) is 9.97 Å². The highest BCUT2D eigenvalue weighted by molar-refractivity contribution is 5.92. The molecule has 0 spiro atoms. The Bertz CT molecular complexity index is 586. The van der Waals surface area contributed by atoms with Crippen LogP contribution in [0.25, 0.3) is 0 Å². The number of nitrogens with one attached hydrogen (secondary N) is 1. The van der Waals surface area contributed by atoms with E-state index in [4.69, 9.17) is 0 Å². The second-order valence-electron chi connectivity index (χ2n) is 4.86. The quantitative estimate of drug-likeness (QED) is 0.885. The van der Waals surface area contributed by atoms with Gasteiger partial charge in [0.1, 0.15) is 17.8 Å². The van der Waals surface area contributed by atoms with Crippen LogP contribution in [0.15, 0.2) is 42.7 Å². The predicted octanol–water partition coefficient (Wildman–Crippen LogP) is 3.09. The monoisotopic (exact) mass is 284 g/mol. The molecule has 110 valence electrons. The third kappa shape index (κ3) is 4.27. The van der Waals surface area contributed by atoms with Gasteiger partial charge >= 0.3 is 0 Å². The van der Waals surface area contributed by atoms with Gasteiger partial charge in [0, 0.05) is 25.3 Å². The molecule has 21 heavy (non-hydrogen) atoms. The zero-order valence-corrected chi connectivity index (χ0v) is 12.4. The first kappa shape index (κ1) is 15.0. The first-order chi connectivity index (χ1) is 10.2. The van der Waals surface area contributed by atoms with Crippen LogP contribution < -0.4 is 5.32 Å². The minimum atomic E-state index is -0.0815. The molecule has 0 atom stereocenters. The Hall–Kier alpha value is -2.43. The van der Waals surface area contributed by atoms with E-state index in [1.807, 2.05) is 30.3 Å². The molecule has 1 amide bonds. The maximum Gasteiger partial charge on any atom is 0.272 e. The summed E-state index contributed by atoms with van der Waals surface area (Å²) in [5, 5.41) is 3.16. The van der Waals surface area contributed by atoms with Gasteiger partial charge in [-0.15, -0.1) is 0 Å². The van der Waals surface area contributed by atoms with Crippen molar-refractivity contribution in [2.24, 2.45) is 0 Å². The molecule has 0 radical (unpaired) electrons. The van der Waals surface area contributed by atoms with E-state index in [-0.39, 0.29) is 5.91 Å². The molecule has 1 aromatic heterocycles. The van der Waals surface area contributed by atoms with Gasteiger partial charge in [-0.2, -0.15) is 0 Å². The Morgan fingerprint density at radius 1 is 1.24 bits per heavy atom. The summed E-state index contributed by atoms with van der Waals surface area (Å²) in [5.41, 5.74) is 1.33. The number of unbranched alkanes of at least 4 members (excludes halogenated alkanes) is 1. The van der Waals surface area contributed by atoms with Crippen LogP contribution in [0.1, 0.15) is 30.3 Å². The van der Waals surface area contributed by atoms with Crippen molar-refractivity contribution < 1.29 is 4.79 Å². The van der Waals surface area contributed by atoms with Crippen molar-refractivity contribution in [3.63, 3.8) is 0 Å². The molecule has 0 aliphatic carbocycles. The van der Waals surface area contributed by atoms with Crippen molar-refractivity contribution >= 4 is 17.4 Å². The molecular formula is C16H20N4O. The lowest BCUT2D eigenvalue weighted by molar-refractivity contribution is 0.0787. The van der Waals surface area contributed by atoms with Crippen molar-refractivity contribution in [2.45, 2.75) is 19.8 Å². The number of rotatable bonds is 6. The fourth-order valence-corrected chi connectivity index (χ4v) is 1.90. The average Bonchev–Trinajstić information content (AvgIpc) is 2.53. The zero-order chi connectivity index (χ0) is 15.1. The molecule has 0 bridgehead atoms. The van der Waals surface area contributed by atoms with Gasteiger partial charge in [0.15, 0.2) is 0 Å². The molecule has 0 aliphatic heterocycles. The van der Waals surface area contributed by atoms with Gasteiger partial charge in [-0.05, 0) is 18.6 Å². The minimum absolute atomic E-state index is 0.0815. The number of aromatic nitrogens is 2. The molecule has 2 rings (SSSR count). The standard InChI is InChI=1S/C16H20N4O/c1-3-4-10-20(2)16(21)14-11-15(18-12-17-14)19-13-8-6-5-7-9-13/h5-9,11-12H,3-4,10H2,1-2H3,(H,17,18,19). The molecule has 5 heteroatoms. The lowest BCUT2D eigenvalue weighted by Crippen LogP contribution is -2.28. The van der Waals surface area contributed by atoms with Crippen LogP contribution in [0.2, 0.25) is 0 Å². The van der Waals surface area contributed by atoms with E-state index in [1.165, 1.54) is 6.33 Å². The SMILES string of the molecule is CCCCN(C)C(=O)c1cc(Nc2ccccc2)ncn1. The Balaban J connectivity index is 2.08. The highest BCUT2D eigenvalue weighted by Gasteiger charge is 2.13. The molecule has 1 heterocycles. The van der Waals surface area contributed by atoms with Crippen LogP contribution in [0.5, 0.6) is 0 Å². The molecule has 1 aromatic carbocycles. The van der Waals surface area contributed by atoms with Crippen LogP contribution >= 0.6 is 0 Å². The molecule has 0 unspecified atom stereocenters. The number of carbonyl (C=O) groups is 1. The Morgan fingerprint density at radius 2 is 2.00 bits per heavy atom. The lowest BCUT2D eigenvalue weighted by Gasteiger charge is -2.16. The molecule has 0 fully saturated rings. The van der Waals surface area contributed by atoms with Gasteiger partial charge in [0.05, 0.1) is 0 Å². The first-order valence-electron chi connectivity index (χ1n) is 7.10. The summed E-state index contributed by atoms with van der Waals surface area (Å²) in [6.45, 7) is 2.84. The van der Waals surface area contributed by atoms with E-state index in [1.54, 1.807) is 18.0 Å². The Labute approximate surface area is 125 Å². The van der Waals surface area contributed by atoms with E-state index in [2.05, 4.69) is 22.2 Å². The third-order valence-corrected chi connectivity index (χ3v) is 3.13. The molecular weight excluding hydrogens is 264 g/mol. The summed E-state index contributed by atoms with van der Waals surface area (Å²) < 4.78 is 0. The average molecular weight is 284 g/mol. The lowest BCUT2D eigenvalue weighted by atomic mass is 10.3. The van der Waals surface area contributed by atoms with Crippen molar-refractivity contribution in [2.75, 3.05) is 18.9 Å². The van der Waals surface area contributed by atoms with Crippen LogP contribution in [-0.2, 0) is 0 Å². The predicted molar refractivity (Wildman–Crippen MR) is 83.6 cm³/mol. The molecule has 0 saturated carbocycles. The highest BCUT2D eigenvalue weighted by Crippen LogP contribution is 2.14. The molecule has 0 saturated heterocycles. The number of carbonyl (C=O) groups excluding carboxylic acids is 1. The number of hydrogen-bond donors (Lipinski definition) is 1. The number of para-hydroxylation sites is 1. The van der Waals surface area contributed by atoms with Gasteiger partial charge in [0.2, 0.25) is 0 Å². The molecule has 1 N–H and O–H groups in total. The van der Waals surface area contributed by atoms with Crippen molar-refractivity contribution in [3.05, 3.63) is 48.4 Å². The summed E-state index contributed by atoms with van der Waals surface area (Å²) in [6.07, 6.45) is 3.46. The fraction of sp³-hybridized carbons (Fsp3) is 0.312. The largest absolute Gasteiger partial charge is 0.340 e. The fourth-order valence-electron chi connectivity index (χ4n) is 1.90. The second kappa shape index (κ2) is 7.38. The van der Waals surface area contributed by atoms with Crippen molar-refractivity contribution in [1.82, 2.24) is 14.9 Å². The summed E-state index contributed by atoms with van der Waals surface area (Å²) in [7, 11) is 1.80. The van der Waals surface area contributed by atoms with E-state index in [9.17, 15) is 4.79 Å². The Morgan fingerprint density at radius 3 is 2.71 bits per heavy atom. The Kier molecular flexibility index (Phi) is 5.26. The third-order valence-electron chi connectivity index (χ3n) is 3.13. The van der Waals surface area contributed by atoms with Crippen molar-refractivity contribution in [3.8, 4) is 0 Å². The van der Waals surface area contributed by atoms with Gasteiger partial charge in [0.25, 0.3) is 5.91 Å². The minimum Gasteiger partial charge on any atom is -0.340 e. The van der Waals surface area contributed by atoms with Crippen LogP contribution in [0.3, 0.4) is 0 Å². The van der Waals surface area contributed by atoms with Gasteiger partial charge in [-0.3, -0.25) is 4.79 Å². The number of anilines is 2. The number of benzene rings is 1. The van der Waals surface area contributed by atoms with E-state index in [0.717, 1.165) is 25.1 Å². The summed E-state index contributed by atoms with van der Waals surface area (Å²) in [4.78, 5) is 22.2. The molecule has 0 aliphatic rings. The summed E-state index contributed by atoms with van der Waals surface area (Å²) in [5.74, 6) is 0.533. The van der Waals surface area contributed by atoms with Crippen molar-refractivity contribution in [1.29, 1.82) is 0 Å². The number of hydrogen-bond acceptors (Lipinski definition) is 4. The molecule has 5 nitrogen and oxygen atoms in total. The van der Waals surface area contributed by atoms with E-state index >= 15 is 0 Å². The summed E-state index contributed by atoms with van der Waals surface area (Å²) in [6, 6.07) is 11.4. The van der Waals surface area contributed by atoms with E-state index in [0.29, 0.717) is 11.5 Å². The van der Waals surface area contributed by atoms with Gasteiger partial charge in [-0.1, -0.05) is 31.5 Å². The van der Waals surface area contributed by atoms with Crippen LogP contribution in [0.4, 0.5) is 11.5 Å². The highest BCUT2D eigenvalue weighted by atomic mass is 16.2. The number of nitrogens with zero attached hydrogens (tertiary/aromatic N) is 3. The topological polar surface area (TPSA) is 58.1 Å². The second-order valence-corrected chi connectivity index (χ2v) is 4.86. The van der Waals surface area contributed by atoms with Gasteiger partial charge < -0.3 is 10.2 Å². The first-order valence-corrected chi connectivity index (χ1v) is 7.10. The number of amides is 1. The van der Waals surface area contributed by atoms with Crippen LogP contribution in [-0.4, -0.2) is 34.4 Å². The smallest absolute Gasteiger partial charge is 0.272 e. The summed E-state index contributed by atoms with van der Waals surface area (Å²) >= 11 is 0. The maximum absolute atomic E-state index is 12.3.